The van der Waals surface area contributed by atoms with Gasteiger partial charge in [0, 0.05) is 23.0 Å². The molecule has 0 bridgehead atoms. The highest BCUT2D eigenvalue weighted by Gasteiger charge is 2.06. The van der Waals surface area contributed by atoms with Crippen LogP contribution in [-0.2, 0) is 0 Å². The van der Waals surface area contributed by atoms with E-state index in [2.05, 4.69) is 5.32 Å². The van der Waals surface area contributed by atoms with Crippen molar-refractivity contribution in [3.8, 4) is 0 Å². The highest BCUT2D eigenvalue weighted by atomic mass is 16.1. The molecule has 2 aromatic carbocycles. The van der Waals surface area contributed by atoms with Gasteiger partial charge in [-0.15, -0.1) is 0 Å². The fourth-order valence-electron chi connectivity index (χ4n) is 1.61. The van der Waals surface area contributed by atoms with Crippen molar-refractivity contribution in [2.45, 2.75) is 6.92 Å². The van der Waals surface area contributed by atoms with Crippen LogP contribution >= 0.6 is 0 Å². The van der Waals surface area contributed by atoms with E-state index in [1.165, 1.54) is 0 Å². The third kappa shape index (κ3) is 3.08. The minimum absolute atomic E-state index is 0.0408. The molecule has 0 fully saturated rings. The number of anilines is 1. The first-order valence-electron chi connectivity index (χ1n) is 5.85. The average molecular weight is 237 g/mol. The number of Topliss-reactive ketones (excluding diaryl/α,β-unsaturated/α-hetero) is 1. The molecule has 2 heteroatoms. The molecule has 0 saturated heterocycles. The molecule has 0 atom stereocenters. The molecule has 0 aliphatic rings. The molecule has 2 aromatic rings. The second kappa shape index (κ2) is 5.82. The second-order valence-corrected chi connectivity index (χ2v) is 4.03. The molecule has 0 aromatic heterocycles. The molecule has 0 amide bonds. The van der Waals surface area contributed by atoms with E-state index in [0.717, 1.165) is 5.69 Å². The van der Waals surface area contributed by atoms with E-state index in [1.54, 1.807) is 6.20 Å². The topological polar surface area (TPSA) is 29.1 Å². The van der Waals surface area contributed by atoms with Gasteiger partial charge in [-0.2, -0.15) is 0 Å². The number of allylic oxidation sites excluding steroid dienone is 1. The molecular formula is C16H15NO. The maximum absolute atomic E-state index is 12.1. The van der Waals surface area contributed by atoms with Gasteiger partial charge in [0.05, 0.1) is 0 Å². The summed E-state index contributed by atoms with van der Waals surface area (Å²) in [7, 11) is 0. The predicted molar refractivity (Wildman–Crippen MR) is 74.6 cm³/mol. The van der Waals surface area contributed by atoms with E-state index >= 15 is 0 Å². The van der Waals surface area contributed by atoms with Gasteiger partial charge in [-0.25, -0.2) is 0 Å². The van der Waals surface area contributed by atoms with Crippen LogP contribution in [0.15, 0.2) is 72.4 Å². The van der Waals surface area contributed by atoms with E-state index in [0.29, 0.717) is 11.1 Å². The summed E-state index contributed by atoms with van der Waals surface area (Å²) >= 11 is 0. The standard InChI is InChI=1S/C16H15NO/c1-13(12-17-15-10-6-3-7-11-15)16(18)14-8-4-2-5-9-14/h2-12,17H,1H3/b13-12+. The Balaban J connectivity index is 2.08. The van der Waals surface area contributed by atoms with Gasteiger partial charge in [0.25, 0.3) is 0 Å². The molecular weight excluding hydrogens is 222 g/mol. The normalized spacial score (nSPS) is 11.1. The van der Waals surface area contributed by atoms with Crippen molar-refractivity contribution in [2.75, 3.05) is 5.32 Å². The largest absolute Gasteiger partial charge is 0.361 e. The van der Waals surface area contributed by atoms with Gasteiger partial charge >= 0.3 is 0 Å². The number of benzene rings is 2. The van der Waals surface area contributed by atoms with Crippen molar-refractivity contribution >= 4 is 11.5 Å². The lowest BCUT2D eigenvalue weighted by Gasteiger charge is -2.03. The number of hydrogen-bond donors (Lipinski definition) is 1. The van der Waals surface area contributed by atoms with Crippen LogP contribution in [0.1, 0.15) is 17.3 Å². The third-order valence-corrected chi connectivity index (χ3v) is 2.62. The Kier molecular flexibility index (Phi) is 3.92. The van der Waals surface area contributed by atoms with Gasteiger partial charge < -0.3 is 5.32 Å². The van der Waals surface area contributed by atoms with Gasteiger partial charge in [0.15, 0.2) is 5.78 Å². The Morgan fingerprint density at radius 1 is 0.944 bits per heavy atom. The average Bonchev–Trinajstić information content (AvgIpc) is 2.46. The van der Waals surface area contributed by atoms with Gasteiger partial charge in [-0.1, -0.05) is 48.5 Å². The fraction of sp³-hybridized carbons (Fsp3) is 0.0625. The van der Waals surface area contributed by atoms with Crippen molar-refractivity contribution in [1.82, 2.24) is 0 Å². The number of ketones is 1. The molecule has 18 heavy (non-hydrogen) atoms. The lowest BCUT2D eigenvalue weighted by molar-refractivity contribution is 0.103. The monoisotopic (exact) mass is 237 g/mol. The number of carbonyl (C=O) groups excluding carboxylic acids is 1. The highest BCUT2D eigenvalue weighted by Crippen LogP contribution is 2.10. The lowest BCUT2D eigenvalue weighted by Crippen LogP contribution is -2.02. The molecule has 90 valence electrons. The Bertz CT molecular complexity index is 544. The van der Waals surface area contributed by atoms with Crippen LogP contribution in [0.3, 0.4) is 0 Å². The summed E-state index contributed by atoms with van der Waals surface area (Å²) in [6, 6.07) is 19.0. The van der Waals surface area contributed by atoms with E-state index in [1.807, 2.05) is 67.6 Å². The van der Waals surface area contributed by atoms with Crippen LogP contribution < -0.4 is 5.32 Å². The number of carbonyl (C=O) groups is 1. The van der Waals surface area contributed by atoms with Crippen molar-refractivity contribution in [1.29, 1.82) is 0 Å². The first-order valence-corrected chi connectivity index (χ1v) is 5.85. The summed E-state index contributed by atoms with van der Waals surface area (Å²) in [5.74, 6) is 0.0408. The lowest BCUT2D eigenvalue weighted by atomic mass is 10.1. The Labute approximate surface area is 107 Å². The summed E-state index contributed by atoms with van der Waals surface area (Å²) in [6.45, 7) is 1.81. The minimum atomic E-state index is 0.0408. The van der Waals surface area contributed by atoms with Gasteiger partial charge in [-0.05, 0) is 19.1 Å². The predicted octanol–water partition coefficient (Wildman–Crippen LogP) is 3.89. The second-order valence-electron chi connectivity index (χ2n) is 4.03. The van der Waals surface area contributed by atoms with Crippen LogP contribution in [0.5, 0.6) is 0 Å². The van der Waals surface area contributed by atoms with Crippen molar-refractivity contribution in [3.63, 3.8) is 0 Å². The fourth-order valence-corrected chi connectivity index (χ4v) is 1.61. The van der Waals surface area contributed by atoms with Crippen molar-refractivity contribution in [3.05, 3.63) is 78.0 Å². The first-order chi connectivity index (χ1) is 8.77. The van der Waals surface area contributed by atoms with Gasteiger partial charge in [0.1, 0.15) is 0 Å². The summed E-state index contributed by atoms with van der Waals surface area (Å²) in [4.78, 5) is 12.1. The molecule has 0 radical (unpaired) electrons. The van der Waals surface area contributed by atoms with Crippen molar-refractivity contribution in [2.24, 2.45) is 0 Å². The zero-order chi connectivity index (χ0) is 12.8. The quantitative estimate of drug-likeness (QED) is 0.645. The van der Waals surface area contributed by atoms with Crippen LogP contribution in [-0.4, -0.2) is 5.78 Å². The van der Waals surface area contributed by atoms with E-state index in [-0.39, 0.29) is 5.78 Å². The number of rotatable bonds is 4. The van der Waals surface area contributed by atoms with Gasteiger partial charge in [-0.3, -0.25) is 4.79 Å². The van der Waals surface area contributed by atoms with E-state index in [9.17, 15) is 4.79 Å². The summed E-state index contributed by atoms with van der Waals surface area (Å²) in [5.41, 5.74) is 2.36. The van der Waals surface area contributed by atoms with Gasteiger partial charge in [0.2, 0.25) is 0 Å². The zero-order valence-corrected chi connectivity index (χ0v) is 10.3. The molecule has 0 aliphatic carbocycles. The maximum Gasteiger partial charge on any atom is 0.190 e. The number of para-hydroxylation sites is 1. The molecule has 0 unspecified atom stereocenters. The van der Waals surface area contributed by atoms with Crippen LogP contribution in [0.25, 0.3) is 0 Å². The molecule has 2 rings (SSSR count). The SMILES string of the molecule is C/C(=C\Nc1ccccc1)C(=O)c1ccccc1. The van der Waals surface area contributed by atoms with Crippen LogP contribution in [0, 0.1) is 0 Å². The number of hydrogen-bond acceptors (Lipinski definition) is 2. The zero-order valence-electron chi connectivity index (χ0n) is 10.3. The third-order valence-electron chi connectivity index (χ3n) is 2.62. The molecule has 0 heterocycles. The van der Waals surface area contributed by atoms with E-state index < -0.39 is 0 Å². The molecule has 0 aliphatic heterocycles. The van der Waals surface area contributed by atoms with Crippen molar-refractivity contribution < 1.29 is 4.79 Å². The first kappa shape index (κ1) is 12.1. The summed E-state index contributed by atoms with van der Waals surface area (Å²) < 4.78 is 0. The Hall–Kier alpha value is -2.35. The summed E-state index contributed by atoms with van der Waals surface area (Å²) in [5, 5.41) is 3.11. The van der Waals surface area contributed by atoms with Crippen LogP contribution in [0.4, 0.5) is 5.69 Å². The minimum Gasteiger partial charge on any atom is -0.361 e. The molecule has 2 nitrogen and oxygen atoms in total. The Morgan fingerprint density at radius 2 is 1.50 bits per heavy atom. The number of nitrogens with one attached hydrogen (secondary N) is 1. The highest BCUT2D eigenvalue weighted by molar-refractivity contribution is 6.08. The Morgan fingerprint density at radius 3 is 2.11 bits per heavy atom. The molecule has 0 saturated carbocycles. The maximum atomic E-state index is 12.1. The summed E-state index contributed by atoms with van der Waals surface area (Å²) in [6.07, 6.45) is 1.74. The molecule has 0 spiro atoms. The smallest absolute Gasteiger partial charge is 0.190 e. The van der Waals surface area contributed by atoms with Crippen LogP contribution in [0.2, 0.25) is 0 Å². The molecule has 1 N–H and O–H groups in total. The van der Waals surface area contributed by atoms with E-state index in [4.69, 9.17) is 0 Å².